The van der Waals surface area contributed by atoms with Gasteiger partial charge in [0.15, 0.2) is 0 Å². The summed E-state index contributed by atoms with van der Waals surface area (Å²) in [4.78, 5) is 28.4. The van der Waals surface area contributed by atoms with Crippen molar-refractivity contribution in [1.82, 2.24) is 15.1 Å². The van der Waals surface area contributed by atoms with Gasteiger partial charge >= 0.3 is 0 Å². The third kappa shape index (κ3) is 4.81. The van der Waals surface area contributed by atoms with Crippen molar-refractivity contribution in [2.45, 2.75) is 51.7 Å². The molecule has 5 nitrogen and oxygen atoms in total. The van der Waals surface area contributed by atoms with Crippen molar-refractivity contribution in [3.8, 4) is 0 Å². The van der Waals surface area contributed by atoms with E-state index in [0.717, 1.165) is 32.4 Å². The second-order valence-electron chi connectivity index (χ2n) is 6.93. The molecule has 24 heavy (non-hydrogen) atoms. The number of carbonyl (C=O) groups excluding carboxylic acids is 2. The number of likely N-dealkylation sites (N-methyl/N-ethyl adjacent to an activating group) is 1. The molecule has 1 aromatic carbocycles. The van der Waals surface area contributed by atoms with Gasteiger partial charge in [-0.2, -0.15) is 0 Å². The van der Waals surface area contributed by atoms with Crippen LogP contribution in [0.3, 0.4) is 0 Å². The van der Waals surface area contributed by atoms with Gasteiger partial charge in [0.25, 0.3) is 0 Å². The minimum absolute atomic E-state index is 0.0370. The van der Waals surface area contributed by atoms with E-state index in [1.807, 2.05) is 0 Å². The number of piperidine rings is 1. The average Bonchev–Trinajstić information content (AvgIpc) is 2.54. The summed E-state index contributed by atoms with van der Waals surface area (Å²) in [6.07, 6.45) is 3.01. The normalized spacial score (nSPS) is 19.6. The Hall–Kier alpha value is -1.88. The predicted octanol–water partition coefficient (Wildman–Crippen LogP) is 1.94. The summed E-state index contributed by atoms with van der Waals surface area (Å²) in [5.74, 6) is -0.116. The van der Waals surface area contributed by atoms with Gasteiger partial charge < -0.3 is 10.2 Å². The van der Waals surface area contributed by atoms with E-state index in [0.29, 0.717) is 0 Å². The molecule has 1 aromatic rings. The van der Waals surface area contributed by atoms with Crippen LogP contribution in [0.2, 0.25) is 0 Å². The van der Waals surface area contributed by atoms with E-state index in [9.17, 15) is 9.59 Å². The Bertz CT molecular complexity index is 586. The minimum Gasteiger partial charge on any atom is -0.347 e. The SMILES string of the molecule is Cc1cccc(CN2CCCC[C@@H]2C(=O)N[C@H](C)C(=O)N(C)C)c1. The van der Waals surface area contributed by atoms with Gasteiger partial charge in [-0.3, -0.25) is 14.5 Å². The van der Waals surface area contributed by atoms with E-state index in [1.54, 1.807) is 21.0 Å². The lowest BCUT2D eigenvalue weighted by molar-refractivity contribution is -0.136. The second kappa shape index (κ2) is 8.29. The van der Waals surface area contributed by atoms with Crippen molar-refractivity contribution in [3.63, 3.8) is 0 Å². The highest BCUT2D eigenvalue weighted by Gasteiger charge is 2.30. The maximum atomic E-state index is 12.7. The molecule has 2 amide bonds. The maximum Gasteiger partial charge on any atom is 0.244 e. The van der Waals surface area contributed by atoms with Gasteiger partial charge in [0.2, 0.25) is 11.8 Å². The van der Waals surface area contributed by atoms with Gasteiger partial charge in [0.05, 0.1) is 6.04 Å². The molecule has 1 aliphatic rings. The van der Waals surface area contributed by atoms with Crippen LogP contribution in [0, 0.1) is 6.92 Å². The fraction of sp³-hybridized carbons (Fsp3) is 0.579. The first kappa shape index (κ1) is 18.5. The van der Waals surface area contributed by atoms with Crippen LogP contribution in [0.15, 0.2) is 24.3 Å². The first-order valence-electron chi connectivity index (χ1n) is 8.69. The molecule has 1 fully saturated rings. The number of rotatable bonds is 5. The Kier molecular flexibility index (Phi) is 6.37. The van der Waals surface area contributed by atoms with Crippen molar-refractivity contribution < 1.29 is 9.59 Å². The fourth-order valence-corrected chi connectivity index (χ4v) is 3.28. The zero-order chi connectivity index (χ0) is 17.7. The van der Waals surface area contributed by atoms with E-state index in [2.05, 4.69) is 41.4 Å². The van der Waals surface area contributed by atoms with E-state index < -0.39 is 6.04 Å². The molecule has 0 radical (unpaired) electrons. The molecule has 5 heteroatoms. The van der Waals surface area contributed by atoms with E-state index in [-0.39, 0.29) is 17.9 Å². The number of hydrogen-bond acceptors (Lipinski definition) is 3. The molecule has 0 aliphatic carbocycles. The Labute approximate surface area is 145 Å². The van der Waals surface area contributed by atoms with Crippen molar-refractivity contribution in [2.75, 3.05) is 20.6 Å². The minimum atomic E-state index is -0.491. The summed E-state index contributed by atoms with van der Waals surface area (Å²) in [6.45, 7) is 5.52. The monoisotopic (exact) mass is 331 g/mol. The number of carbonyl (C=O) groups is 2. The summed E-state index contributed by atoms with van der Waals surface area (Å²) in [7, 11) is 3.41. The molecular formula is C19H29N3O2. The van der Waals surface area contributed by atoms with Crippen LogP contribution < -0.4 is 5.32 Å². The highest BCUT2D eigenvalue weighted by Crippen LogP contribution is 2.20. The van der Waals surface area contributed by atoms with Gasteiger partial charge in [0, 0.05) is 20.6 Å². The molecule has 1 N–H and O–H groups in total. The number of aryl methyl sites for hydroxylation is 1. The van der Waals surface area contributed by atoms with Crippen LogP contribution in [0.5, 0.6) is 0 Å². The smallest absolute Gasteiger partial charge is 0.244 e. The zero-order valence-electron chi connectivity index (χ0n) is 15.2. The van der Waals surface area contributed by atoms with Crippen molar-refractivity contribution in [2.24, 2.45) is 0 Å². The lowest BCUT2D eigenvalue weighted by atomic mass is 9.99. The van der Waals surface area contributed by atoms with Crippen molar-refractivity contribution in [1.29, 1.82) is 0 Å². The molecule has 0 aromatic heterocycles. The molecule has 1 heterocycles. The molecular weight excluding hydrogens is 302 g/mol. The van der Waals surface area contributed by atoms with Crippen LogP contribution in [-0.4, -0.2) is 54.3 Å². The highest BCUT2D eigenvalue weighted by atomic mass is 16.2. The van der Waals surface area contributed by atoms with E-state index in [1.165, 1.54) is 16.0 Å². The van der Waals surface area contributed by atoms with Gasteiger partial charge in [-0.05, 0) is 38.8 Å². The summed E-state index contributed by atoms with van der Waals surface area (Å²) in [5, 5.41) is 2.89. The van der Waals surface area contributed by atoms with Gasteiger partial charge in [-0.1, -0.05) is 36.2 Å². The lowest BCUT2D eigenvalue weighted by Crippen LogP contribution is -2.53. The molecule has 0 bridgehead atoms. The fourth-order valence-electron chi connectivity index (χ4n) is 3.28. The number of benzene rings is 1. The molecule has 0 saturated carbocycles. The Balaban J connectivity index is 2.02. The average molecular weight is 331 g/mol. The third-order valence-electron chi connectivity index (χ3n) is 4.55. The highest BCUT2D eigenvalue weighted by molar-refractivity contribution is 5.89. The van der Waals surface area contributed by atoms with Crippen LogP contribution in [0.25, 0.3) is 0 Å². The summed E-state index contributed by atoms with van der Waals surface area (Å²) in [5.41, 5.74) is 2.46. The van der Waals surface area contributed by atoms with Crippen LogP contribution in [0.4, 0.5) is 0 Å². The largest absolute Gasteiger partial charge is 0.347 e. The quantitative estimate of drug-likeness (QED) is 0.897. The first-order valence-corrected chi connectivity index (χ1v) is 8.69. The zero-order valence-corrected chi connectivity index (χ0v) is 15.2. The molecule has 2 rings (SSSR count). The predicted molar refractivity (Wildman–Crippen MR) is 95.5 cm³/mol. The van der Waals surface area contributed by atoms with Gasteiger partial charge in [0.1, 0.15) is 6.04 Å². The van der Waals surface area contributed by atoms with Gasteiger partial charge in [-0.25, -0.2) is 0 Å². The summed E-state index contributed by atoms with van der Waals surface area (Å²) < 4.78 is 0. The molecule has 0 unspecified atom stereocenters. The Morgan fingerprint density at radius 2 is 2.08 bits per heavy atom. The van der Waals surface area contributed by atoms with E-state index in [4.69, 9.17) is 0 Å². The molecule has 2 atom stereocenters. The summed E-state index contributed by atoms with van der Waals surface area (Å²) >= 11 is 0. The Morgan fingerprint density at radius 1 is 1.33 bits per heavy atom. The molecule has 132 valence electrons. The van der Waals surface area contributed by atoms with Crippen LogP contribution in [0.1, 0.15) is 37.3 Å². The van der Waals surface area contributed by atoms with Crippen LogP contribution in [-0.2, 0) is 16.1 Å². The number of nitrogens with one attached hydrogen (secondary N) is 1. The second-order valence-corrected chi connectivity index (χ2v) is 6.93. The maximum absolute atomic E-state index is 12.7. The lowest BCUT2D eigenvalue weighted by Gasteiger charge is -2.35. The summed E-state index contributed by atoms with van der Waals surface area (Å²) in [6, 6.07) is 7.77. The molecule has 0 spiro atoms. The van der Waals surface area contributed by atoms with Crippen molar-refractivity contribution >= 4 is 11.8 Å². The van der Waals surface area contributed by atoms with Crippen LogP contribution >= 0.6 is 0 Å². The topological polar surface area (TPSA) is 52.7 Å². The molecule has 1 aliphatic heterocycles. The molecule has 1 saturated heterocycles. The van der Waals surface area contributed by atoms with Crippen molar-refractivity contribution in [3.05, 3.63) is 35.4 Å². The number of nitrogens with zero attached hydrogens (tertiary/aromatic N) is 2. The van der Waals surface area contributed by atoms with Gasteiger partial charge in [-0.15, -0.1) is 0 Å². The van der Waals surface area contributed by atoms with E-state index >= 15 is 0 Å². The third-order valence-corrected chi connectivity index (χ3v) is 4.55. The standard InChI is InChI=1S/C19H29N3O2/c1-14-8-7-9-16(12-14)13-22-11-6-5-10-17(22)18(23)20-15(2)19(24)21(3)4/h7-9,12,15,17H,5-6,10-11,13H2,1-4H3,(H,20,23)/t15-,17-/m1/s1. The number of likely N-dealkylation sites (tertiary alicyclic amines) is 1. The first-order chi connectivity index (χ1) is 11.4. The Morgan fingerprint density at radius 3 is 2.75 bits per heavy atom. The number of amides is 2. The number of hydrogen-bond donors (Lipinski definition) is 1.